The van der Waals surface area contributed by atoms with Crippen molar-refractivity contribution in [1.29, 1.82) is 0 Å². The number of halogens is 2. The number of sulfonamides is 2. The van der Waals surface area contributed by atoms with Gasteiger partial charge in [-0.3, -0.25) is 0 Å². The van der Waals surface area contributed by atoms with Gasteiger partial charge in [0.2, 0.25) is 20.0 Å². The van der Waals surface area contributed by atoms with Crippen molar-refractivity contribution in [3.05, 3.63) is 45.4 Å². The van der Waals surface area contributed by atoms with Gasteiger partial charge < -0.3 is 9.47 Å². The first-order valence-electron chi connectivity index (χ1n) is 10.0. The van der Waals surface area contributed by atoms with Gasteiger partial charge in [0.15, 0.2) is 0 Å². The van der Waals surface area contributed by atoms with Gasteiger partial charge in [0.05, 0.1) is 14.2 Å². The fourth-order valence-electron chi connectivity index (χ4n) is 3.74. The summed E-state index contributed by atoms with van der Waals surface area (Å²) in [6, 6.07) is 5.20. The van der Waals surface area contributed by atoms with E-state index in [4.69, 9.17) is 32.7 Å². The van der Waals surface area contributed by atoms with Crippen molar-refractivity contribution in [3.63, 3.8) is 0 Å². The first-order chi connectivity index (χ1) is 15.3. The monoisotopic (exact) mass is 536 g/mol. The predicted molar refractivity (Wildman–Crippen MR) is 128 cm³/mol. The zero-order chi connectivity index (χ0) is 24.7. The number of nitrogens with zero attached hydrogens (tertiary/aromatic N) is 2. The first-order valence-corrected chi connectivity index (χ1v) is 13.7. The molecule has 8 nitrogen and oxygen atoms in total. The van der Waals surface area contributed by atoms with Crippen molar-refractivity contribution in [2.24, 2.45) is 0 Å². The number of aryl methyl sites for hydroxylation is 2. The molecule has 0 radical (unpaired) electrons. The van der Waals surface area contributed by atoms with Gasteiger partial charge in [-0.1, -0.05) is 23.2 Å². The maximum atomic E-state index is 13.4. The summed E-state index contributed by atoms with van der Waals surface area (Å²) in [5.41, 5.74) is 1.37. The van der Waals surface area contributed by atoms with Crippen LogP contribution >= 0.6 is 23.2 Å². The standard InChI is InChI=1S/C21H26Cl2N2O6S2/c1-13-8-18(30-4)20(10-16(13)22)32(26,27)24-6-7-25(15(3)12-24)33(28,29)21-11-17(23)14(2)9-19(21)31-5/h8-11,15H,6-7,12H2,1-5H3/t15-/m0/s1. The van der Waals surface area contributed by atoms with E-state index in [1.165, 1.54) is 35.0 Å². The molecule has 0 saturated carbocycles. The van der Waals surface area contributed by atoms with Crippen molar-refractivity contribution in [2.45, 2.75) is 36.6 Å². The molecule has 0 spiro atoms. The minimum atomic E-state index is -4.00. The average Bonchev–Trinajstić information content (AvgIpc) is 2.76. The lowest BCUT2D eigenvalue weighted by Crippen LogP contribution is -2.55. The van der Waals surface area contributed by atoms with Crippen LogP contribution < -0.4 is 9.47 Å². The zero-order valence-electron chi connectivity index (χ0n) is 18.9. The van der Waals surface area contributed by atoms with Crippen LogP contribution in [-0.4, -0.2) is 65.3 Å². The molecular weight excluding hydrogens is 511 g/mol. The van der Waals surface area contributed by atoms with E-state index in [-0.39, 0.29) is 40.9 Å². The number of hydrogen-bond acceptors (Lipinski definition) is 6. The van der Waals surface area contributed by atoms with E-state index in [1.54, 1.807) is 32.9 Å². The van der Waals surface area contributed by atoms with E-state index in [0.717, 1.165) is 0 Å². The fourth-order valence-corrected chi connectivity index (χ4v) is 7.65. The molecule has 1 aliphatic rings. The second-order valence-corrected chi connectivity index (χ2v) is 12.4. The van der Waals surface area contributed by atoms with Crippen LogP contribution in [0.4, 0.5) is 0 Å². The number of ether oxygens (including phenoxy) is 2. The molecule has 1 atom stereocenters. The van der Waals surface area contributed by atoms with Crippen molar-refractivity contribution in [2.75, 3.05) is 33.9 Å². The summed E-state index contributed by atoms with van der Waals surface area (Å²) < 4.78 is 66.6. The molecule has 2 aromatic carbocycles. The molecule has 2 aromatic rings. The molecule has 0 amide bonds. The largest absolute Gasteiger partial charge is 0.495 e. The van der Waals surface area contributed by atoms with Gasteiger partial charge in [-0.05, 0) is 56.2 Å². The third kappa shape index (κ3) is 4.82. The van der Waals surface area contributed by atoms with Crippen molar-refractivity contribution in [1.82, 2.24) is 8.61 Å². The Balaban J connectivity index is 1.93. The van der Waals surface area contributed by atoms with Crippen LogP contribution in [0.3, 0.4) is 0 Å². The van der Waals surface area contributed by atoms with Crippen LogP contribution in [0.2, 0.25) is 10.0 Å². The molecule has 1 aliphatic heterocycles. The lowest BCUT2D eigenvalue weighted by molar-refractivity contribution is 0.212. The van der Waals surface area contributed by atoms with Crippen molar-refractivity contribution < 1.29 is 26.3 Å². The number of rotatable bonds is 6. The Labute approximate surface area is 205 Å². The summed E-state index contributed by atoms with van der Waals surface area (Å²) in [4.78, 5) is -0.119. The molecule has 0 aliphatic carbocycles. The minimum absolute atomic E-state index is 0.0392. The number of benzene rings is 2. The van der Waals surface area contributed by atoms with Gasteiger partial charge in [-0.25, -0.2) is 16.8 Å². The molecule has 12 heteroatoms. The summed E-state index contributed by atoms with van der Waals surface area (Å²) in [7, 11) is -5.21. The van der Waals surface area contributed by atoms with Gasteiger partial charge in [0, 0.05) is 35.7 Å². The summed E-state index contributed by atoms with van der Waals surface area (Å²) in [5, 5.41) is 0.596. The van der Waals surface area contributed by atoms with Crippen LogP contribution in [0.25, 0.3) is 0 Å². The maximum Gasteiger partial charge on any atom is 0.247 e. The molecule has 0 unspecified atom stereocenters. The highest BCUT2D eigenvalue weighted by atomic mass is 35.5. The van der Waals surface area contributed by atoms with E-state index >= 15 is 0 Å². The maximum absolute atomic E-state index is 13.4. The van der Waals surface area contributed by atoms with E-state index in [9.17, 15) is 16.8 Å². The SMILES string of the molecule is COc1cc(C)c(Cl)cc1S(=O)(=O)N1CCN(S(=O)(=O)c2cc(Cl)c(C)cc2OC)[C@@H](C)C1. The molecule has 1 heterocycles. The Bertz CT molecular complexity index is 1280. The number of hydrogen-bond donors (Lipinski definition) is 0. The molecule has 1 saturated heterocycles. The van der Waals surface area contributed by atoms with E-state index in [2.05, 4.69) is 0 Å². The third-order valence-corrected chi connectivity index (χ3v) is 10.4. The van der Waals surface area contributed by atoms with Gasteiger partial charge in [0.25, 0.3) is 0 Å². The van der Waals surface area contributed by atoms with Gasteiger partial charge in [-0.2, -0.15) is 8.61 Å². The topological polar surface area (TPSA) is 93.2 Å². The summed E-state index contributed by atoms with van der Waals surface area (Å²) in [6.45, 7) is 5.03. The average molecular weight is 537 g/mol. The smallest absolute Gasteiger partial charge is 0.247 e. The normalized spacial score (nSPS) is 18.3. The zero-order valence-corrected chi connectivity index (χ0v) is 22.1. The van der Waals surface area contributed by atoms with E-state index < -0.39 is 26.1 Å². The highest BCUT2D eigenvalue weighted by Gasteiger charge is 2.40. The summed E-state index contributed by atoms with van der Waals surface area (Å²) in [6.07, 6.45) is 0. The summed E-state index contributed by atoms with van der Waals surface area (Å²) in [5.74, 6) is 0.358. The minimum Gasteiger partial charge on any atom is -0.495 e. The Morgan fingerprint density at radius 3 is 1.70 bits per heavy atom. The second-order valence-electron chi connectivity index (χ2n) is 7.83. The van der Waals surface area contributed by atoms with Crippen LogP contribution in [0.1, 0.15) is 18.1 Å². The van der Waals surface area contributed by atoms with Crippen molar-refractivity contribution in [3.8, 4) is 11.5 Å². The number of piperazine rings is 1. The Kier molecular flexibility index (Phi) is 7.57. The molecule has 3 rings (SSSR count). The molecule has 0 N–H and O–H groups in total. The lowest BCUT2D eigenvalue weighted by Gasteiger charge is -2.38. The highest BCUT2D eigenvalue weighted by Crippen LogP contribution is 2.36. The predicted octanol–water partition coefficient (Wildman–Crippen LogP) is 3.71. The van der Waals surface area contributed by atoms with Gasteiger partial charge >= 0.3 is 0 Å². The highest BCUT2D eigenvalue weighted by molar-refractivity contribution is 7.89. The van der Waals surface area contributed by atoms with Crippen molar-refractivity contribution >= 4 is 43.2 Å². The molecule has 1 fully saturated rings. The quantitative estimate of drug-likeness (QED) is 0.558. The molecule has 182 valence electrons. The van der Waals surface area contributed by atoms with Crippen LogP contribution in [-0.2, 0) is 20.0 Å². The van der Waals surface area contributed by atoms with Gasteiger partial charge in [-0.15, -0.1) is 0 Å². The van der Waals surface area contributed by atoms with Gasteiger partial charge in [0.1, 0.15) is 21.3 Å². The van der Waals surface area contributed by atoms with Crippen LogP contribution in [0, 0.1) is 13.8 Å². The molecular formula is C21H26Cl2N2O6S2. The van der Waals surface area contributed by atoms with Crippen LogP contribution in [0.5, 0.6) is 11.5 Å². The number of methoxy groups -OCH3 is 2. The summed E-state index contributed by atoms with van der Waals surface area (Å²) >= 11 is 12.3. The molecule has 0 aromatic heterocycles. The molecule has 0 bridgehead atoms. The van der Waals surface area contributed by atoms with Crippen LogP contribution in [0.15, 0.2) is 34.1 Å². The lowest BCUT2D eigenvalue weighted by atomic mass is 10.2. The van der Waals surface area contributed by atoms with E-state index in [1.807, 2.05) is 0 Å². The third-order valence-electron chi connectivity index (χ3n) is 5.62. The first kappa shape index (κ1) is 26.1. The fraction of sp³-hybridized carbons (Fsp3) is 0.429. The Hall–Kier alpha value is -1.56. The van der Waals surface area contributed by atoms with E-state index in [0.29, 0.717) is 21.2 Å². The Morgan fingerprint density at radius 2 is 1.27 bits per heavy atom. The molecule has 33 heavy (non-hydrogen) atoms. The Morgan fingerprint density at radius 1 is 0.818 bits per heavy atom. The second kappa shape index (κ2) is 9.59.